The van der Waals surface area contributed by atoms with E-state index in [-0.39, 0.29) is 11.8 Å². The van der Waals surface area contributed by atoms with Gasteiger partial charge in [0.1, 0.15) is 5.78 Å². The molecule has 1 saturated heterocycles. The van der Waals surface area contributed by atoms with E-state index in [9.17, 15) is 4.79 Å². The standard InChI is InChI=1S/C19H23N3O/c1-14(23)18-12-21-10-11-22(18)13-16-8-5-9-17(19(16)20)15-6-3-2-4-7-15/h2-9,18,21H,10-13,20H2,1H3. The fourth-order valence-corrected chi connectivity index (χ4v) is 3.18. The van der Waals surface area contributed by atoms with Crippen molar-refractivity contribution in [3.63, 3.8) is 0 Å². The molecular weight excluding hydrogens is 286 g/mol. The summed E-state index contributed by atoms with van der Waals surface area (Å²) in [5.74, 6) is 0.204. The van der Waals surface area contributed by atoms with Crippen molar-refractivity contribution < 1.29 is 4.79 Å². The first-order chi connectivity index (χ1) is 11.2. The van der Waals surface area contributed by atoms with Crippen molar-refractivity contribution >= 4 is 11.5 Å². The average Bonchev–Trinajstić information content (AvgIpc) is 2.58. The van der Waals surface area contributed by atoms with E-state index in [0.29, 0.717) is 13.1 Å². The number of para-hydroxylation sites is 1. The second-order valence-electron chi connectivity index (χ2n) is 6.05. The van der Waals surface area contributed by atoms with Gasteiger partial charge in [-0.05, 0) is 18.1 Å². The lowest BCUT2D eigenvalue weighted by molar-refractivity contribution is -0.122. The molecule has 4 nitrogen and oxygen atoms in total. The maximum absolute atomic E-state index is 11.9. The first-order valence-corrected chi connectivity index (χ1v) is 8.05. The van der Waals surface area contributed by atoms with E-state index in [4.69, 9.17) is 5.73 Å². The molecule has 120 valence electrons. The fourth-order valence-electron chi connectivity index (χ4n) is 3.18. The largest absolute Gasteiger partial charge is 0.398 e. The van der Waals surface area contributed by atoms with E-state index >= 15 is 0 Å². The minimum Gasteiger partial charge on any atom is -0.398 e. The lowest BCUT2D eigenvalue weighted by Crippen LogP contribution is -2.53. The van der Waals surface area contributed by atoms with Crippen LogP contribution < -0.4 is 11.1 Å². The minimum absolute atomic E-state index is 0.0662. The number of ketones is 1. The number of Topliss-reactive ketones (excluding diaryl/α,β-unsaturated/α-hetero) is 1. The van der Waals surface area contributed by atoms with Gasteiger partial charge >= 0.3 is 0 Å². The van der Waals surface area contributed by atoms with Crippen LogP contribution >= 0.6 is 0 Å². The van der Waals surface area contributed by atoms with E-state index in [1.165, 1.54) is 0 Å². The zero-order chi connectivity index (χ0) is 16.2. The van der Waals surface area contributed by atoms with Gasteiger partial charge in [-0.1, -0.05) is 48.5 Å². The van der Waals surface area contributed by atoms with Crippen molar-refractivity contribution in [2.24, 2.45) is 0 Å². The number of benzene rings is 2. The molecule has 0 amide bonds. The molecule has 1 atom stereocenters. The fraction of sp³-hybridized carbons (Fsp3) is 0.316. The Morgan fingerprint density at radius 3 is 2.74 bits per heavy atom. The summed E-state index contributed by atoms with van der Waals surface area (Å²) in [5, 5.41) is 3.29. The number of nitrogens with one attached hydrogen (secondary N) is 1. The van der Waals surface area contributed by atoms with Crippen LogP contribution in [0.25, 0.3) is 11.1 Å². The Hall–Kier alpha value is -2.17. The van der Waals surface area contributed by atoms with Gasteiger partial charge in [-0.2, -0.15) is 0 Å². The van der Waals surface area contributed by atoms with Gasteiger partial charge in [-0.25, -0.2) is 0 Å². The average molecular weight is 309 g/mol. The van der Waals surface area contributed by atoms with Crippen molar-refractivity contribution in [1.82, 2.24) is 10.2 Å². The summed E-state index contributed by atoms with van der Waals surface area (Å²) in [5.41, 5.74) is 10.5. The third-order valence-corrected chi connectivity index (χ3v) is 4.48. The van der Waals surface area contributed by atoms with E-state index in [1.807, 2.05) is 30.3 Å². The number of rotatable bonds is 4. The summed E-state index contributed by atoms with van der Waals surface area (Å²) in [6.07, 6.45) is 0. The molecule has 3 rings (SSSR count). The Balaban J connectivity index is 1.87. The molecule has 0 aliphatic carbocycles. The van der Waals surface area contributed by atoms with Crippen LogP contribution in [-0.2, 0) is 11.3 Å². The van der Waals surface area contributed by atoms with Crippen LogP contribution in [0.5, 0.6) is 0 Å². The molecule has 1 aliphatic rings. The van der Waals surface area contributed by atoms with Gasteiger partial charge in [0.2, 0.25) is 0 Å². The van der Waals surface area contributed by atoms with Crippen molar-refractivity contribution in [2.75, 3.05) is 25.4 Å². The summed E-state index contributed by atoms with van der Waals surface area (Å²) in [6.45, 7) is 4.85. The molecule has 1 fully saturated rings. The van der Waals surface area contributed by atoms with Gasteiger partial charge in [0.25, 0.3) is 0 Å². The molecule has 1 heterocycles. The van der Waals surface area contributed by atoms with Crippen molar-refractivity contribution in [3.8, 4) is 11.1 Å². The lowest BCUT2D eigenvalue weighted by atomic mass is 9.99. The molecule has 1 unspecified atom stereocenters. The predicted molar refractivity (Wildman–Crippen MR) is 94.0 cm³/mol. The van der Waals surface area contributed by atoms with Crippen molar-refractivity contribution in [1.29, 1.82) is 0 Å². The molecule has 0 saturated carbocycles. The molecule has 1 aliphatic heterocycles. The number of nitrogen functional groups attached to an aromatic ring is 1. The Bertz CT molecular complexity index is 684. The molecule has 0 bridgehead atoms. The molecule has 0 spiro atoms. The van der Waals surface area contributed by atoms with E-state index in [1.54, 1.807) is 6.92 Å². The second kappa shape index (κ2) is 6.94. The zero-order valence-corrected chi connectivity index (χ0v) is 13.5. The number of piperazine rings is 1. The van der Waals surface area contributed by atoms with Crippen LogP contribution in [0.1, 0.15) is 12.5 Å². The van der Waals surface area contributed by atoms with Gasteiger partial charge in [0, 0.05) is 37.4 Å². The van der Waals surface area contributed by atoms with Crippen LogP contribution in [0, 0.1) is 0 Å². The number of anilines is 1. The zero-order valence-electron chi connectivity index (χ0n) is 13.5. The highest BCUT2D eigenvalue weighted by atomic mass is 16.1. The molecule has 0 radical (unpaired) electrons. The van der Waals surface area contributed by atoms with Gasteiger partial charge in [-0.3, -0.25) is 9.69 Å². The molecule has 2 aromatic rings. The topological polar surface area (TPSA) is 58.4 Å². The quantitative estimate of drug-likeness (QED) is 0.851. The summed E-state index contributed by atoms with van der Waals surface area (Å²) in [4.78, 5) is 14.1. The van der Waals surface area contributed by atoms with E-state index < -0.39 is 0 Å². The highest BCUT2D eigenvalue weighted by Gasteiger charge is 2.26. The lowest BCUT2D eigenvalue weighted by Gasteiger charge is -2.35. The SMILES string of the molecule is CC(=O)C1CNCCN1Cc1cccc(-c2ccccc2)c1N. The predicted octanol–water partition coefficient (Wildman–Crippen LogP) is 2.30. The third-order valence-electron chi connectivity index (χ3n) is 4.48. The van der Waals surface area contributed by atoms with Crippen LogP contribution in [0.3, 0.4) is 0 Å². The maximum Gasteiger partial charge on any atom is 0.148 e. The van der Waals surface area contributed by atoms with Gasteiger partial charge in [-0.15, -0.1) is 0 Å². The third kappa shape index (κ3) is 3.44. The van der Waals surface area contributed by atoms with Gasteiger partial charge in [0.15, 0.2) is 0 Å². The molecule has 4 heteroatoms. The molecule has 0 aromatic heterocycles. The normalized spacial score (nSPS) is 18.7. The summed E-state index contributed by atoms with van der Waals surface area (Å²) < 4.78 is 0. The van der Waals surface area contributed by atoms with Crippen LogP contribution in [0.15, 0.2) is 48.5 Å². The van der Waals surface area contributed by atoms with E-state index in [0.717, 1.165) is 35.5 Å². The van der Waals surface area contributed by atoms with Crippen molar-refractivity contribution in [2.45, 2.75) is 19.5 Å². The van der Waals surface area contributed by atoms with Gasteiger partial charge in [0.05, 0.1) is 6.04 Å². The molecular formula is C19H23N3O. The number of carbonyl (C=O) groups excluding carboxylic acids is 1. The number of carbonyl (C=O) groups is 1. The first kappa shape index (κ1) is 15.7. The highest BCUT2D eigenvalue weighted by Crippen LogP contribution is 2.29. The Labute approximate surface area is 137 Å². The Morgan fingerprint density at radius 2 is 2.00 bits per heavy atom. The molecule has 2 aromatic carbocycles. The first-order valence-electron chi connectivity index (χ1n) is 8.05. The maximum atomic E-state index is 11.9. The number of hydrogen-bond donors (Lipinski definition) is 2. The van der Waals surface area contributed by atoms with Crippen LogP contribution in [-0.4, -0.2) is 36.4 Å². The van der Waals surface area contributed by atoms with Gasteiger partial charge < -0.3 is 11.1 Å². The second-order valence-corrected chi connectivity index (χ2v) is 6.05. The van der Waals surface area contributed by atoms with Crippen molar-refractivity contribution in [3.05, 3.63) is 54.1 Å². The van der Waals surface area contributed by atoms with E-state index in [2.05, 4.69) is 28.4 Å². The van der Waals surface area contributed by atoms with Crippen LogP contribution in [0.2, 0.25) is 0 Å². The number of nitrogens with two attached hydrogens (primary N) is 1. The molecule has 23 heavy (non-hydrogen) atoms. The minimum atomic E-state index is -0.0662. The number of nitrogens with zero attached hydrogens (tertiary/aromatic N) is 1. The molecule has 3 N–H and O–H groups in total. The summed E-state index contributed by atoms with van der Waals surface area (Å²) in [6, 6.07) is 16.3. The smallest absolute Gasteiger partial charge is 0.148 e. The number of hydrogen-bond acceptors (Lipinski definition) is 4. The Morgan fingerprint density at radius 1 is 1.22 bits per heavy atom. The summed E-state index contributed by atoms with van der Waals surface area (Å²) >= 11 is 0. The van der Waals surface area contributed by atoms with Crippen LogP contribution in [0.4, 0.5) is 5.69 Å². The highest BCUT2D eigenvalue weighted by molar-refractivity contribution is 5.82. The monoisotopic (exact) mass is 309 g/mol. The Kier molecular flexibility index (Phi) is 4.74. The summed E-state index contributed by atoms with van der Waals surface area (Å²) in [7, 11) is 0.